The van der Waals surface area contributed by atoms with Crippen LogP contribution in [0.1, 0.15) is 0 Å². The number of rotatable bonds is 10. The first-order valence-corrected chi connectivity index (χ1v) is 15.1. The summed E-state index contributed by atoms with van der Waals surface area (Å²) >= 11 is 14.0. The van der Waals surface area contributed by atoms with E-state index in [1.54, 1.807) is 0 Å². The van der Waals surface area contributed by atoms with Crippen LogP contribution in [0.4, 0.5) is 22.7 Å². The van der Waals surface area contributed by atoms with Crippen LogP contribution in [0, 0.1) is 40.5 Å². The van der Waals surface area contributed by atoms with E-state index in [2.05, 4.69) is 0 Å². The van der Waals surface area contributed by atoms with Crippen molar-refractivity contribution < 1.29 is 28.1 Å². The minimum absolute atomic E-state index is 0.0260. The number of nitro groups is 4. The molecule has 0 saturated carbocycles. The Kier molecular flexibility index (Phi) is 9.21. The van der Waals surface area contributed by atoms with E-state index in [9.17, 15) is 48.9 Å². The maximum atomic E-state index is 13.6. The second kappa shape index (κ2) is 12.5. The normalized spacial score (nSPS) is 11.2. The smallest absolute Gasteiger partial charge is 0.258 e. The van der Waals surface area contributed by atoms with Crippen molar-refractivity contribution in [3.63, 3.8) is 0 Å². The number of sulfone groups is 1. The van der Waals surface area contributed by atoms with E-state index in [1.165, 1.54) is 36.4 Å². The van der Waals surface area contributed by atoms with E-state index < -0.39 is 52.3 Å². The maximum Gasteiger partial charge on any atom is 0.290 e. The van der Waals surface area contributed by atoms with E-state index in [0.717, 1.165) is 59.9 Å². The Bertz CT molecular complexity index is 1830. The van der Waals surface area contributed by atoms with Crippen molar-refractivity contribution in [2.75, 3.05) is 0 Å². The van der Waals surface area contributed by atoms with Gasteiger partial charge in [0, 0.05) is 21.9 Å². The van der Waals surface area contributed by atoms with Gasteiger partial charge in [-0.1, -0.05) is 46.7 Å². The SMILES string of the molecule is O=[N+]([O-])c1ccc(Sc2cc(S(=O)(=O)c3ccc(Cl)c(Sc4ccc([N+](=O)[O-])cc4[N+](=O)[O-])c3)ccc2Cl)c([N+](=O)[O-])c1. The molecule has 0 heterocycles. The van der Waals surface area contributed by atoms with Gasteiger partial charge in [-0.05, 0) is 48.5 Å². The minimum Gasteiger partial charge on any atom is -0.258 e. The third kappa shape index (κ3) is 6.86. The standard InChI is InChI=1S/C24H12Cl2N4O10S3/c25-17-5-3-15(11-23(17)41-21-7-1-13(27(31)32)9-19(21)29(35)36)43(39,40)16-4-6-18(26)24(12-16)42-22-8-2-14(28(33)34)10-20(22)30(37)38/h1-12H. The van der Waals surface area contributed by atoms with Crippen molar-refractivity contribution >= 4 is 79.3 Å². The fourth-order valence-corrected chi connectivity index (χ4v) is 7.38. The highest BCUT2D eigenvalue weighted by molar-refractivity contribution is 8.00. The molecule has 0 atom stereocenters. The van der Waals surface area contributed by atoms with Gasteiger partial charge in [-0.25, -0.2) is 8.42 Å². The number of nitro benzene ring substituents is 4. The van der Waals surface area contributed by atoms with Gasteiger partial charge in [0.15, 0.2) is 0 Å². The Labute approximate surface area is 259 Å². The molecule has 0 unspecified atom stereocenters. The summed E-state index contributed by atoms with van der Waals surface area (Å²) in [6, 6.07) is 13.3. The highest BCUT2D eigenvalue weighted by Crippen LogP contribution is 2.43. The fourth-order valence-electron chi connectivity index (χ4n) is 3.53. The van der Waals surface area contributed by atoms with E-state index in [1.807, 2.05) is 0 Å². The van der Waals surface area contributed by atoms with Gasteiger partial charge in [-0.3, -0.25) is 40.5 Å². The first kappa shape index (κ1) is 31.6. The van der Waals surface area contributed by atoms with Crippen LogP contribution in [-0.4, -0.2) is 28.1 Å². The van der Waals surface area contributed by atoms with E-state index in [4.69, 9.17) is 23.2 Å². The largest absolute Gasteiger partial charge is 0.290 e. The summed E-state index contributed by atoms with van der Waals surface area (Å²) in [7, 11) is -4.28. The number of hydrogen-bond donors (Lipinski definition) is 0. The van der Waals surface area contributed by atoms with E-state index in [-0.39, 0.29) is 39.4 Å². The monoisotopic (exact) mass is 682 g/mol. The van der Waals surface area contributed by atoms with Gasteiger partial charge in [0.25, 0.3) is 22.7 Å². The Balaban J connectivity index is 1.72. The third-order valence-electron chi connectivity index (χ3n) is 5.57. The highest BCUT2D eigenvalue weighted by atomic mass is 35.5. The lowest BCUT2D eigenvalue weighted by Gasteiger charge is -2.11. The summed E-state index contributed by atoms with van der Waals surface area (Å²) in [5.74, 6) is 0. The second-order valence-electron chi connectivity index (χ2n) is 8.22. The van der Waals surface area contributed by atoms with Crippen LogP contribution in [-0.2, 0) is 9.84 Å². The van der Waals surface area contributed by atoms with Crippen LogP contribution in [0.15, 0.2) is 102 Å². The summed E-state index contributed by atoms with van der Waals surface area (Å²) < 4.78 is 27.2. The lowest BCUT2D eigenvalue weighted by Crippen LogP contribution is -2.03. The molecule has 0 aliphatic rings. The lowest BCUT2D eigenvalue weighted by molar-refractivity contribution is -0.396. The van der Waals surface area contributed by atoms with Crippen molar-refractivity contribution in [1.82, 2.24) is 0 Å². The van der Waals surface area contributed by atoms with Gasteiger partial charge in [-0.2, -0.15) is 0 Å². The van der Waals surface area contributed by atoms with Crippen LogP contribution in [0.3, 0.4) is 0 Å². The summed E-state index contributed by atoms with van der Waals surface area (Å²) in [6.45, 7) is 0. The Hall–Kier alpha value is -4.29. The molecule has 0 aromatic heterocycles. The molecule has 19 heteroatoms. The average molecular weight is 683 g/mol. The van der Waals surface area contributed by atoms with Gasteiger partial charge in [-0.15, -0.1) is 0 Å². The lowest BCUT2D eigenvalue weighted by atomic mass is 10.3. The molecule has 0 saturated heterocycles. The van der Waals surface area contributed by atoms with Crippen molar-refractivity contribution in [3.8, 4) is 0 Å². The van der Waals surface area contributed by atoms with E-state index in [0.29, 0.717) is 0 Å². The number of nitrogens with zero attached hydrogens (tertiary/aromatic N) is 4. The van der Waals surface area contributed by atoms with Gasteiger partial charge < -0.3 is 0 Å². The van der Waals surface area contributed by atoms with Crippen LogP contribution in [0.5, 0.6) is 0 Å². The summed E-state index contributed by atoms with van der Waals surface area (Å²) in [5.41, 5.74) is -2.17. The van der Waals surface area contributed by atoms with Crippen LogP contribution in [0.2, 0.25) is 10.0 Å². The molecule has 14 nitrogen and oxygen atoms in total. The van der Waals surface area contributed by atoms with Crippen molar-refractivity contribution in [3.05, 3.63) is 123 Å². The molecule has 0 spiro atoms. The molecule has 4 aromatic rings. The highest BCUT2D eigenvalue weighted by Gasteiger charge is 2.25. The third-order valence-corrected chi connectivity index (χ3v) is 10.4. The summed E-state index contributed by atoms with van der Waals surface area (Å²) in [5, 5.41) is 45.3. The Morgan fingerprint density at radius 3 is 1.21 bits per heavy atom. The van der Waals surface area contributed by atoms with Crippen molar-refractivity contribution in [1.29, 1.82) is 0 Å². The van der Waals surface area contributed by atoms with E-state index >= 15 is 0 Å². The number of hydrogen-bond acceptors (Lipinski definition) is 12. The molecule has 43 heavy (non-hydrogen) atoms. The number of non-ortho nitro benzene ring substituents is 2. The molecule has 0 aliphatic heterocycles. The zero-order chi connectivity index (χ0) is 31.6. The maximum absolute atomic E-state index is 13.6. The zero-order valence-corrected chi connectivity index (χ0v) is 24.7. The molecule has 0 aliphatic carbocycles. The zero-order valence-electron chi connectivity index (χ0n) is 20.8. The summed E-state index contributed by atoms with van der Waals surface area (Å²) in [4.78, 5) is 41.6. The Morgan fingerprint density at radius 2 is 0.884 bits per heavy atom. The fraction of sp³-hybridized carbons (Fsp3) is 0. The predicted molar refractivity (Wildman–Crippen MR) is 156 cm³/mol. The molecule has 0 amide bonds. The summed E-state index contributed by atoms with van der Waals surface area (Å²) in [6.07, 6.45) is 0. The molecular weight excluding hydrogens is 671 g/mol. The van der Waals surface area contributed by atoms with Gasteiger partial charge >= 0.3 is 0 Å². The number of benzene rings is 4. The minimum atomic E-state index is -4.28. The molecule has 0 bridgehead atoms. The molecule has 220 valence electrons. The Morgan fingerprint density at radius 1 is 0.512 bits per heavy atom. The first-order chi connectivity index (χ1) is 20.2. The average Bonchev–Trinajstić information content (AvgIpc) is 2.95. The molecule has 4 aromatic carbocycles. The molecule has 0 radical (unpaired) electrons. The molecule has 0 N–H and O–H groups in total. The van der Waals surface area contributed by atoms with Crippen molar-refractivity contribution in [2.24, 2.45) is 0 Å². The topological polar surface area (TPSA) is 207 Å². The molecular formula is C24H12Cl2N4O10S3. The van der Waals surface area contributed by atoms with Crippen LogP contribution in [0.25, 0.3) is 0 Å². The molecule has 4 rings (SSSR count). The van der Waals surface area contributed by atoms with Crippen LogP contribution >= 0.6 is 46.7 Å². The van der Waals surface area contributed by atoms with Gasteiger partial charge in [0.2, 0.25) is 9.84 Å². The van der Waals surface area contributed by atoms with Crippen LogP contribution < -0.4 is 0 Å². The van der Waals surface area contributed by atoms with Gasteiger partial charge in [0.1, 0.15) is 0 Å². The quantitative estimate of drug-likeness (QED) is 0.116. The first-order valence-electron chi connectivity index (χ1n) is 11.2. The molecule has 0 fully saturated rings. The van der Waals surface area contributed by atoms with Gasteiger partial charge in [0.05, 0.1) is 61.5 Å². The number of halogens is 2. The predicted octanol–water partition coefficient (Wildman–Crippen LogP) is 7.76. The second-order valence-corrected chi connectivity index (χ2v) is 13.2. The van der Waals surface area contributed by atoms with Crippen molar-refractivity contribution in [2.45, 2.75) is 29.4 Å².